The molecule has 1 spiro atoms. The normalized spacial score (nSPS) is 36.3. The fraction of sp³-hybridized carbons (Fsp3) is 0.917. The Labute approximate surface area is 91.1 Å². The minimum atomic E-state index is -0.131. The maximum absolute atomic E-state index is 11.9. The van der Waals surface area contributed by atoms with Gasteiger partial charge in [-0.15, -0.1) is 0 Å². The van der Waals surface area contributed by atoms with Gasteiger partial charge >= 0.3 is 0 Å². The molecular formula is C12H20O3. The smallest absolute Gasteiger partial charge is 0.138 e. The van der Waals surface area contributed by atoms with Gasteiger partial charge in [0.2, 0.25) is 0 Å². The van der Waals surface area contributed by atoms with Crippen molar-refractivity contribution in [3.63, 3.8) is 0 Å². The van der Waals surface area contributed by atoms with Crippen molar-refractivity contribution < 1.29 is 14.3 Å². The first-order valence-corrected chi connectivity index (χ1v) is 5.88. The second-order valence-corrected chi connectivity index (χ2v) is 5.08. The molecule has 0 amide bonds. The van der Waals surface area contributed by atoms with Crippen LogP contribution in [0.2, 0.25) is 0 Å². The van der Waals surface area contributed by atoms with Crippen LogP contribution in [0.3, 0.4) is 0 Å². The van der Waals surface area contributed by atoms with Gasteiger partial charge in [-0.1, -0.05) is 13.8 Å². The third-order valence-electron chi connectivity index (χ3n) is 3.53. The van der Waals surface area contributed by atoms with Gasteiger partial charge in [-0.2, -0.15) is 0 Å². The molecule has 2 saturated heterocycles. The molecule has 3 nitrogen and oxygen atoms in total. The maximum Gasteiger partial charge on any atom is 0.138 e. The SMILES string of the molecule is CC(C)C(=O)C1CCOC2(CCOC2)C1. The van der Waals surface area contributed by atoms with Crippen LogP contribution in [0.15, 0.2) is 0 Å². The third kappa shape index (κ3) is 2.23. The Morgan fingerprint density at radius 2 is 2.20 bits per heavy atom. The molecule has 2 atom stereocenters. The Morgan fingerprint density at radius 1 is 1.40 bits per heavy atom. The highest BCUT2D eigenvalue weighted by molar-refractivity contribution is 5.82. The zero-order valence-corrected chi connectivity index (χ0v) is 9.62. The molecule has 0 aliphatic carbocycles. The van der Waals surface area contributed by atoms with E-state index in [1.807, 2.05) is 13.8 Å². The van der Waals surface area contributed by atoms with E-state index in [1.165, 1.54) is 0 Å². The van der Waals surface area contributed by atoms with Crippen LogP contribution in [0.4, 0.5) is 0 Å². The van der Waals surface area contributed by atoms with E-state index in [2.05, 4.69) is 0 Å². The highest BCUT2D eigenvalue weighted by atomic mass is 16.6. The Morgan fingerprint density at radius 3 is 2.80 bits per heavy atom. The summed E-state index contributed by atoms with van der Waals surface area (Å²) < 4.78 is 11.2. The largest absolute Gasteiger partial charge is 0.378 e. The van der Waals surface area contributed by atoms with E-state index in [-0.39, 0.29) is 17.4 Å². The highest BCUT2D eigenvalue weighted by Crippen LogP contribution is 2.36. The van der Waals surface area contributed by atoms with E-state index in [0.717, 1.165) is 25.9 Å². The van der Waals surface area contributed by atoms with Crippen LogP contribution in [0.5, 0.6) is 0 Å². The van der Waals surface area contributed by atoms with Gasteiger partial charge in [0.1, 0.15) is 5.78 Å². The first-order chi connectivity index (χ1) is 7.13. The summed E-state index contributed by atoms with van der Waals surface area (Å²) in [6.07, 6.45) is 2.71. The van der Waals surface area contributed by atoms with E-state index in [4.69, 9.17) is 9.47 Å². The monoisotopic (exact) mass is 212 g/mol. The first-order valence-electron chi connectivity index (χ1n) is 5.88. The van der Waals surface area contributed by atoms with Gasteiger partial charge in [0.15, 0.2) is 0 Å². The molecule has 2 rings (SSSR count). The van der Waals surface area contributed by atoms with Crippen molar-refractivity contribution in [2.24, 2.45) is 11.8 Å². The predicted octanol–water partition coefficient (Wildman–Crippen LogP) is 1.80. The number of rotatable bonds is 2. The van der Waals surface area contributed by atoms with Crippen molar-refractivity contribution in [2.45, 2.75) is 38.7 Å². The van der Waals surface area contributed by atoms with Crippen LogP contribution in [0.1, 0.15) is 33.1 Å². The summed E-state index contributed by atoms with van der Waals surface area (Å²) >= 11 is 0. The number of ether oxygens (including phenoxy) is 2. The summed E-state index contributed by atoms with van der Waals surface area (Å²) in [5.41, 5.74) is -0.131. The standard InChI is InChI=1S/C12H20O3/c1-9(2)11(13)10-3-5-15-12(7-10)4-6-14-8-12/h9-10H,3-8H2,1-2H3. The first kappa shape index (κ1) is 11.1. The minimum absolute atomic E-state index is 0.131. The van der Waals surface area contributed by atoms with E-state index in [0.29, 0.717) is 19.0 Å². The van der Waals surface area contributed by atoms with Crippen LogP contribution in [-0.4, -0.2) is 31.2 Å². The molecule has 0 saturated carbocycles. The molecule has 2 aliphatic rings. The lowest BCUT2D eigenvalue weighted by Gasteiger charge is -2.36. The lowest BCUT2D eigenvalue weighted by Crippen LogP contribution is -2.43. The highest BCUT2D eigenvalue weighted by Gasteiger charge is 2.43. The molecule has 15 heavy (non-hydrogen) atoms. The molecule has 0 aromatic carbocycles. The lowest BCUT2D eigenvalue weighted by atomic mass is 9.80. The Balaban J connectivity index is 2.00. The average Bonchev–Trinajstić information content (AvgIpc) is 2.65. The maximum atomic E-state index is 11.9. The number of carbonyl (C=O) groups excluding carboxylic acids is 1. The van der Waals surface area contributed by atoms with Gasteiger partial charge in [-0.05, 0) is 12.8 Å². The number of Topliss-reactive ketones (excluding diaryl/α,β-unsaturated/α-hetero) is 1. The summed E-state index contributed by atoms with van der Waals surface area (Å²) in [7, 11) is 0. The van der Waals surface area contributed by atoms with Crippen molar-refractivity contribution in [1.82, 2.24) is 0 Å². The van der Waals surface area contributed by atoms with Crippen LogP contribution in [-0.2, 0) is 14.3 Å². The second-order valence-electron chi connectivity index (χ2n) is 5.08. The van der Waals surface area contributed by atoms with Gasteiger partial charge in [-0.25, -0.2) is 0 Å². The summed E-state index contributed by atoms with van der Waals surface area (Å²) in [6, 6.07) is 0. The fourth-order valence-corrected chi connectivity index (χ4v) is 2.61. The Hall–Kier alpha value is -0.410. The van der Waals surface area contributed by atoms with Crippen LogP contribution in [0.25, 0.3) is 0 Å². The number of carbonyl (C=O) groups is 1. The molecular weight excluding hydrogens is 192 g/mol. The molecule has 86 valence electrons. The molecule has 2 heterocycles. The molecule has 0 radical (unpaired) electrons. The summed E-state index contributed by atoms with van der Waals surface area (Å²) in [5, 5.41) is 0. The van der Waals surface area contributed by atoms with Gasteiger partial charge in [0.05, 0.1) is 12.2 Å². The second kappa shape index (κ2) is 4.22. The Bertz CT molecular complexity index is 241. The third-order valence-corrected chi connectivity index (χ3v) is 3.53. The van der Waals surface area contributed by atoms with E-state index in [9.17, 15) is 4.79 Å². The number of hydrogen-bond donors (Lipinski definition) is 0. The lowest BCUT2D eigenvalue weighted by molar-refractivity contribution is -0.139. The van der Waals surface area contributed by atoms with Crippen LogP contribution in [0, 0.1) is 11.8 Å². The molecule has 0 N–H and O–H groups in total. The molecule has 2 unspecified atom stereocenters. The van der Waals surface area contributed by atoms with Crippen molar-refractivity contribution in [2.75, 3.05) is 19.8 Å². The van der Waals surface area contributed by atoms with Gasteiger partial charge in [0, 0.05) is 31.5 Å². The summed E-state index contributed by atoms with van der Waals surface area (Å²) in [6.45, 7) is 6.13. The predicted molar refractivity (Wildman–Crippen MR) is 56.7 cm³/mol. The van der Waals surface area contributed by atoms with Gasteiger partial charge < -0.3 is 9.47 Å². The Kier molecular flexibility index (Phi) is 3.12. The zero-order chi connectivity index (χ0) is 10.9. The van der Waals surface area contributed by atoms with Crippen LogP contribution < -0.4 is 0 Å². The number of ketones is 1. The van der Waals surface area contributed by atoms with E-state index in [1.54, 1.807) is 0 Å². The number of hydrogen-bond acceptors (Lipinski definition) is 3. The minimum Gasteiger partial charge on any atom is -0.378 e. The summed E-state index contributed by atoms with van der Waals surface area (Å²) in [5.74, 6) is 0.734. The summed E-state index contributed by atoms with van der Waals surface area (Å²) in [4.78, 5) is 11.9. The van der Waals surface area contributed by atoms with Crippen LogP contribution >= 0.6 is 0 Å². The van der Waals surface area contributed by atoms with Crippen molar-refractivity contribution in [3.05, 3.63) is 0 Å². The molecule has 0 aromatic heterocycles. The molecule has 0 bridgehead atoms. The van der Waals surface area contributed by atoms with Crippen molar-refractivity contribution >= 4 is 5.78 Å². The zero-order valence-electron chi connectivity index (χ0n) is 9.62. The van der Waals surface area contributed by atoms with Crippen molar-refractivity contribution in [1.29, 1.82) is 0 Å². The molecule has 2 aliphatic heterocycles. The molecule has 0 aromatic rings. The van der Waals surface area contributed by atoms with Gasteiger partial charge in [0.25, 0.3) is 0 Å². The van der Waals surface area contributed by atoms with E-state index >= 15 is 0 Å². The van der Waals surface area contributed by atoms with Crippen molar-refractivity contribution in [3.8, 4) is 0 Å². The average molecular weight is 212 g/mol. The quantitative estimate of drug-likeness (QED) is 0.700. The topological polar surface area (TPSA) is 35.5 Å². The van der Waals surface area contributed by atoms with E-state index < -0.39 is 0 Å². The fourth-order valence-electron chi connectivity index (χ4n) is 2.61. The molecule has 3 heteroatoms. The molecule has 2 fully saturated rings. The van der Waals surface area contributed by atoms with Gasteiger partial charge in [-0.3, -0.25) is 4.79 Å².